The van der Waals surface area contributed by atoms with Crippen LogP contribution in [0.2, 0.25) is 0 Å². The van der Waals surface area contributed by atoms with Crippen LogP contribution in [0.1, 0.15) is 73.6 Å². The summed E-state index contributed by atoms with van der Waals surface area (Å²) < 4.78 is 17.3. The molecule has 0 aromatic carbocycles. The van der Waals surface area contributed by atoms with Gasteiger partial charge in [0.15, 0.2) is 6.10 Å². The Balaban J connectivity index is 1.70. The second kappa shape index (κ2) is 16.6. The second-order valence-corrected chi connectivity index (χ2v) is 13.5. The maximum atomic E-state index is 13.0. The molecule has 2 fully saturated rings. The first-order valence-corrected chi connectivity index (χ1v) is 16.4. The van der Waals surface area contributed by atoms with Gasteiger partial charge in [-0.1, -0.05) is 38.2 Å². The van der Waals surface area contributed by atoms with Crippen LogP contribution in [0.5, 0.6) is 0 Å². The number of piperazine rings is 1. The summed E-state index contributed by atoms with van der Waals surface area (Å²) >= 11 is 0. The molecule has 2 saturated heterocycles. The van der Waals surface area contributed by atoms with Gasteiger partial charge in [0.25, 0.3) is 0 Å². The highest BCUT2D eigenvalue weighted by Crippen LogP contribution is 2.28. The van der Waals surface area contributed by atoms with Gasteiger partial charge in [-0.05, 0) is 72.1 Å². The Hall–Kier alpha value is -2.89. The van der Waals surface area contributed by atoms with Crippen molar-refractivity contribution in [2.75, 3.05) is 39.8 Å². The minimum Gasteiger partial charge on any atom is -0.457 e. The fourth-order valence-corrected chi connectivity index (χ4v) is 6.00. The van der Waals surface area contributed by atoms with E-state index in [0.29, 0.717) is 13.1 Å². The number of likely N-dealkylation sites (tertiary alicyclic amines) is 1. The third-order valence-corrected chi connectivity index (χ3v) is 9.19. The van der Waals surface area contributed by atoms with Crippen LogP contribution in [0.4, 0.5) is 9.59 Å². The highest BCUT2D eigenvalue weighted by atomic mass is 16.6. The second-order valence-electron chi connectivity index (χ2n) is 13.5. The van der Waals surface area contributed by atoms with Crippen LogP contribution in [0.25, 0.3) is 0 Å². The molecule has 3 rings (SSSR count). The number of hydrogen-bond donors (Lipinski definition) is 2. The number of likely N-dealkylation sites (N-methyl/N-ethyl adjacent to an activating group) is 1. The molecule has 11 heteroatoms. The van der Waals surface area contributed by atoms with E-state index < -0.39 is 36.0 Å². The number of nitrogens with zero attached hydrogens (tertiary/aromatic N) is 3. The Bertz CT molecular complexity index is 1090. The first-order valence-electron chi connectivity index (χ1n) is 16.4. The molecule has 0 saturated carbocycles. The summed E-state index contributed by atoms with van der Waals surface area (Å²) in [4.78, 5) is 44.0. The lowest BCUT2D eigenvalue weighted by molar-refractivity contribution is -0.151. The molecule has 8 atom stereocenters. The molecular formula is C34H55N3O8. The Kier molecular flexibility index (Phi) is 13.5. The van der Waals surface area contributed by atoms with Gasteiger partial charge in [0.1, 0.15) is 11.7 Å². The Labute approximate surface area is 268 Å². The first kappa shape index (κ1) is 36.6. The molecule has 2 N–H and O–H groups in total. The van der Waals surface area contributed by atoms with Crippen LogP contribution in [0.3, 0.4) is 0 Å². The number of cyclic esters (lactones) is 1. The maximum absolute atomic E-state index is 13.0. The molecular weight excluding hydrogens is 578 g/mol. The predicted octanol–water partition coefficient (Wildman–Crippen LogP) is 4.29. The molecule has 0 aromatic rings. The average Bonchev–Trinajstić information content (AvgIpc) is 3.32. The maximum Gasteiger partial charge on any atom is 0.410 e. The van der Waals surface area contributed by atoms with Gasteiger partial charge in [-0.15, -0.1) is 0 Å². The highest BCUT2D eigenvalue weighted by Gasteiger charge is 2.37. The molecule has 0 radical (unpaired) electrons. The van der Waals surface area contributed by atoms with Gasteiger partial charge in [-0.25, -0.2) is 9.59 Å². The number of ether oxygens (including phenoxy) is 3. The lowest BCUT2D eigenvalue weighted by Gasteiger charge is -2.36. The summed E-state index contributed by atoms with van der Waals surface area (Å²) in [7, 11) is 2.00. The summed E-state index contributed by atoms with van der Waals surface area (Å²) in [5.41, 5.74) is -0.694. The van der Waals surface area contributed by atoms with Gasteiger partial charge in [-0.2, -0.15) is 0 Å². The first-order chi connectivity index (χ1) is 21.2. The molecule has 0 aromatic heterocycles. The van der Waals surface area contributed by atoms with Gasteiger partial charge in [0.2, 0.25) is 0 Å². The zero-order chi connectivity index (χ0) is 33.3. The summed E-state index contributed by atoms with van der Waals surface area (Å²) in [5, 5.41) is 21.9. The normalized spacial score (nSPS) is 34.1. The summed E-state index contributed by atoms with van der Waals surface area (Å²) in [6.07, 6.45) is 7.70. The number of carbonyl (C=O) groups excluding carboxylic acids is 3. The minimum absolute atomic E-state index is 0.0319. The monoisotopic (exact) mass is 633 g/mol. The van der Waals surface area contributed by atoms with Gasteiger partial charge in [0, 0.05) is 50.1 Å². The Morgan fingerprint density at radius 2 is 1.73 bits per heavy atom. The zero-order valence-electron chi connectivity index (χ0n) is 28.2. The van der Waals surface area contributed by atoms with E-state index in [0.717, 1.165) is 31.5 Å². The molecule has 0 unspecified atom stereocenters. The number of amides is 2. The van der Waals surface area contributed by atoms with Gasteiger partial charge >= 0.3 is 18.2 Å². The van der Waals surface area contributed by atoms with Crippen LogP contribution in [0, 0.1) is 11.8 Å². The van der Waals surface area contributed by atoms with Crippen molar-refractivity contribution in [2.24, 2.45) is 11.8 Å². The quantitative estimate of drug-likeness (QED) is 0.191. The van der Waals surface area contributed by atoms with E-state index >= 15 is 0 Å². The van der Waals surface area contributed by atoms with Crippen LogP contribution < -0.4 is 0 Å². The van der Waals surface area contributed by atoms with Crippen molar-refractivity contribution in [2.45, 2.75) is 110 Å². The van der Waals surface area contributed by atoms with Gasteiger partial charge in [-0.3, -0.25) is 4.79 Å². The van der Waals surface area contributed by atoms with E-state index in [2.05, 4.69) is 4.90 Å². The molecule has 3 heterocycles. The van der Waals surface area contributed by atoms with E-state index in [-0.39, 0.29) is 55.9 Å². The standard InChI is InChI=1S/C34H55N3O8/c1-23(22-43-33(41)37-26(4)12-13-27(37)5)9-8-10-24(2)31-25(3)11-14-29(44-32(40)36-19-17-35(7)18-20-36)34(6,42)16-15-28(38)21-30(39)45-31/h8-11,14,23,25-29,31,38,42H,12-13,15-22H2,1-7H3/b9-8+,14-11+,24-10+/t23-,25+,26-,27-,28-,29+,31-,34-/m1/s1. The summed E-state index contributed by atoms with van der Waals surface area (Å²) in [5.74, 6) is -0.900. The van der Waals surface area contributed by atoms with E-state index in [1.54, 1.807) is 24.0 Å². The van der Waals surface area contributed by atoms with Crippen molar-refractivity contribution < 1.29 is 38.8 Å². The number of hydrogen-bond acceptors (Lipinski definition) is 9. The number of carbonyl (C=O) groups is 3. The van der Waals surface area contributed by atoms with Crippen molar-refractivity contribution >= 4 is 18.2 Å². The van der Waals surface area contributed by atoms with Crippen LogP contribution >= 0.6 is 0 Å². The molecule has 3 aliphatic heterocycles. The average molecular weight is 634 g/mol. The van der Waals surface area contributed by atoms with Crippen LogP contribution in [0.15, 0.2) is 36.0 Å². The van der Waals surface area contributed by atoms with E-state index in [9.17, 15) is 24.6 Å². The lowest BCUT2D eigenvalue weighted by atomic mass is 9.89. The van der Waals surface area contributed by atoms with Crippen LogP contribution in [-0.4, -0.2) is 119 Å². The minimum atomic E-state index is -1.46. The number of aliphatic hydroxyl groups is 2. The summed E-state index contributed by atoms with van der Waals surface area (Å²) in [6.45, 7) is 14.2. The topological polar surface area (TPSA) is 129 Å². The molecule has 0 aliphatic carbocycles. The Morgan fingerprint density at radius 1 is 1.09 bits per heavy atom. The molecule has 254 valence electrons. The lowest BCUT2D eigenvalue weighted by Crippen LogP contribution is -2.50. The fraction of sp³-hybridized carbons (Fsp3) is 0.735. The van der Waals surface area contributed by atoms with Crippen molar-refractivity contribution in [3.8, 4) is 0 Å². The third kappa shape index (κ3) is 10.9. The van der Waals surface area contributed by atoms with E-state index in [1.807, 2.05) is 64.8 Å². The number of rotatable bonds is 6. The van der Waals surface area contributed by atoms with Crippen molar-refractivity contribution in [1.29, 1.82) is 0 Å². The Morgan fingerprint density at radius 3 is 2.38 bits per heavy atom. The smallest absolute Gasteiger partial charge is 0.410 e. The van der Waals surface area contributed by atoms with Crippen molar-refractivity contribution in [1.82, 2.24) is 14.7 Å². The number of aliphatic hydroxyl groups excluding tert-OH is 1. The fourth-order valence-electron chi connectivity index (χ4n) is 6.00. The molecule has 11 nitrogen and oxygen atoms in total. The van der Waals surface area contributed by atoms with E-state index in [1.165, 1.54) is 0 Å². The van der Waals surface area contributed by atoms with Gasteiger partial charge in [0.05, 0.1) is 19.1 Å². The van der Waals surface area contributed by atoms with Crippen LogP contribution in [-0.2, 0) is 19.0 Å². The SMILES string of the molecule is C/C(=C\C=C\[C@@H](C)COC(=O)N1[C@H](C)CC[C@H]1C)[C@H]1OC(=O)C[C@H](O)CC[C@@](C)(O)[C@@H](OC(=O)N2CCN(C)CC2)/C=C/[C@@H]1C. The molecule has 45 heavy (non-hydrogen) atoms. The van der Waals surface area contributed by atoms with E-state index in [4.69, 9.17) is 14.2 Å². The highest BCUT2D eigenvalue weighted by molar-refractivity contribution is 5.70. The predicted molar refractivity (Wildman–Crippen MR) is 171 cm³/mol. The third-order valence-electron chi connectivity index (χ3n) is 9.19. The largest absolute Gasteiger partial charge is 0.457 e. The molecule has 0 bridgehead atoms. The molecule has 0 spiro atoms. The zero-order valence-corrected chi connectivity index (χ0v) is 28.2. The van der Waals surface area contributed by atoms with Crippen molar-refractivity contribution in [3.05, 3.63) is 36.0 Å². The number of esters is 1. The number of allylic oxidation sites excluding steroid dienone is 2. The summed E-state index contributed by atoms with van der Waals surface area (Å²) in [6, 6.07) is 0.361. The van der Waals surface area contributed by atoms with Gasteiger partial charge < -0.3 is 39.1 Å². The molecule has 3 aliphatic rings. The van der Waals surface area contributed by atoms with Crippen molar-refractivity contribution in [3.63, 3.8) is 0 Å². The molecule has 2 amide bonds.